The molecule has 0 aromatic heterocycles. The molecule has 4 heteroatoms. The summed E-state index contributed by atoms with van der Waals surface area (Å²) in [5.74, 6) is 0.386. The maximum atomic E-state index is 11.9. The number of rotatable bonds is 3. The lowest BCUT2D eigenvalue weighted by molar-refractivity contribution is 0.321. The monoisotopic (exact) mass is 288 g/mol. The molecule has 1 N–H and O–H groups in total. The van der Waals surface area contributed by atoms with Crippen molar-refractivity contribution in [2.75, 3.05) is 12.4 Å². The van der Waals surface area contributed by atoms with Crippen LogP contribution in [0.2, 0.25) is 0 Å². The van der Waals surface area contributed by atoms with Gasteiger partial charge in [-0.3, -0.25) is 4.21 Å². The Morgan fingerprint density at radius 1 is 1.53 bits per heavy atom. The second kappa shape index (κ2) is 4.76. The van der Waals surface area contributed by atoms with Crippen LogP contribution >= 0.6 is 15.9 Å². The van der Waals surface area contributed by atoms with Gasteiger partial charge in [-0.15, -0.1) is 0 Å². The van der Waals surface area contributed by atoms with Gasteiger partial charge in [-0.05, 0) is 30.0 Å². The SMILES string of the molecule is O=[S@](CCO)[C@H]1CCc2c(Br)cccc21. The Morgan fingerprint density at radius 3 is 3.07 bits per heavy atom. The minimum atomic E-state index is -0.936. The largest absolute Gasteiger partial charge is 0.395 e. The van der Waals surface area contributed by atoms with E-state index in [4.69, 9.17) is 5.11 Å². The normalized spacial score (nSPS) is 21.3. The highest BCUT2D eigenvalue weighted by Gasteiger charge is 2.28. The Balaban J connectivity index is 2.29. The van der Waals surface area contributed by atoms with Crippen LogP contribution in [0, 0.1) is 0 Å². The van der Waals surface area contributed by atoms with Crippen molar-refractivity contribution in [2.24, 2.45) is 0 Å². The molecule has 0 unspecified atom stereocenters. The molecule has 0 fully saturated rings. The number of hydrogen-bond donors (Lipinski definition) is 1. The van der Waals surface area contributed by atoms with Gasteiger partial charge in [0.2, 0.25) is 0 Å². The van der Waals surface area contributed by atoms with Crippen molar-refractivity contribution in [1.82, 2.24) is 0 Å². The molecule has 2 nitrogen and oxygen atoms in total. The van der Waals surface area contributed by atoms with Gasteiger partial charge in [0.05, 0.1) is 11.9 Å². The average molecular weight is 289 g/mol. The van der Waals surface area contributed by atoms with E-state index >= 15 is 0 Å². The molecule has 1 aromatic rings. The van der Waals surface area contributed by atoms with Crippen LogP contribution in [-0.4, -0.2) is 21.7 Å². The van der Waals surface area contributed by atoms with E-state index in [1.165, 1.54) is 11.1 Å². The minimum absolute atomic E-state index is 0.00640. The smallest absolute Gasteiger partial charge is 0.0604 e. The third-order valence-electron chi connectivity index (χ3n) is 2.77. The molecule has 82 valence electrons. The molecule has 0 spiro atoms. The average Bonchev–Trinajstić information content (AvgIpc) is 2.63. The molecule has 0 bridgehead atoms. The van der Waals surface area contributed by atoms with E-state index in [9.17, 15) is 4.21 Å². The summed E-state index contributed by atoms with van der Waals surface area (Å²) < 4.78 is 13.0. The number of aliphatic hydroxyl groups is 1. The van der Waals surface area contributed by atoms with Crippen molar-refractivity contribution < 1.29 is 9.32 Å². The number of aliphatic hydroxyl groups excluding tert-OH is 1. The molecule has 0 saturated carbocycles. The lowest BCUT2D eigenvalue weighted by atomic mass is 10.1. The summed E-state index contributed by atoms with van der Waals surface area (Å²) >= 11 is 3.51. The quantitative estimate of drug-likeness (QED) is 0.926. The van der Waals surface area contributed by atoms with Crippen molar-refractivity contribution in [3.05, 3.63) is 33.8 Å². The van der Waals surface area contributed by atoms with Crippen LogP contribution < -0.4 is 0 Å². The first-order chi connectivity index (χ1) is 7.24. The molecule has 0 aliphatic heterocycles. The topological polar surface area (TPSA) is 37.3 Å². The summed E-state index contributed by atoms with van der Waals surface area (Å²) in [6.07, 6.45) is 1.92. The summed E-state index contributed by atoms with van der Waals surface area (Å²) in [5, 5.41) is 8.91. The second-order valence-corrected chi connectivity index (χ2v) is 6.24. The highest BCUT2D eigenvalue weighted by molar-refractivity contribution is 9.10. The number of hydrogen-bond acceptors (Lipinski definition) is 2. The maximum Gasteiger partial charge on any atom is 0.0604 e. The van der Waals surface area contributed by atoms with Crippen LogP contribution in [0.4, 0.5) is 0 Å². The van der Waals surface area contributed by atoms with E-state index in [0.717, 1.165) is 17.3 Å². The van der Waals surface area contributed by atoms with Crippen LogP contribution in [0.3, 0.4) is 0 Å². The van der Waals surface area contributed by atoms with Gasteiger partial charge in [-0.25, -0.2) is 0 Å². The third-order valence-corrected chi connectivity index (χ3v) is 5.22. The Hall–Kier alpha value is -0.190. The number of fused-ring (bicyclic) bond motifs is 1. The standard InChI is InChI=1S/C11H13BrO2S/c12-10-3-1-2-9-8(10)4-5-11(9)15(14)7-6-13/h1-3,11,13H,4-7H2/t11-,15+/m0/s1. The third kappa shape index (κ3) is 2.17. The Labute approximate surface area is 100 Å². The first kappa shape index (κ1) is 11.3. The van der Waals surface area contributed by atoms with Gasteiger partial charge in [0.25, 0.3) is 0 Å². The molecule has 0 radical (unpaired) electrons. The Kier molecular flexibility index (Phi) is 3.59. The fourth-order valence-electron chi connectivity index (χ4n) is 2.08. The second-order valence-electron chi connectivity index (χ2n) is 3.64. The van der Waals surface area contributed by atoms with Crippen molar-refractivity contribution in [2.45, 2.75) is 18.1 Å². The molecule has 2 atom stereocenters. The van der Waals surface area contributed by atoms with Crippen molar-refractivity contribution >= 4 is 26.7 Å². The van der Waals surface area contributed by atoms with E-state index in [1.54, 1.807) is 0 Å². The van der Waals surface area contributed by atoms with Crippen LogP contribution in [0.15, 0.2) is 22.7 Å². The van der Waals surface area contributed by atoms with Crippen molar-refractivity contribution in [3.63, 3.8) is 0 Å². The molecule has 0 amide bonds. The zero-order valence-corrected chi connectivity index (χ0v) is 10.7. The molecular formula is C11H13BrO2S. The molecular weight excluding hydrogens is 276 g/mol. The molecule has 1 aliphatic rings. The first-order valence-electron chi connectivity index (χ1n) is 4.99. The van der Waals surface area contributed by atoms with Crippen molar-refractivity contribution in [1.29, 1.82) is 0 Å². The molecule has 1 aromatic carbocycles. The van der Waals surface area contributed by atoms with Crippen LogP contribution in [-0.2, 0) is 17.2 Å². The Bertz CT molecular complexity index is 392. The fraction of sp³-hybridized carbons (Fsp3) is 0.455. The van der Waals surface area contributed by atoms with Crippen LogP contribution in [0.1, 0.15) is 22.8 Å². The Morgan fingerprint density at radius 2 is 2.33 bits per heavy atom. The predicted octanol–water partition coefficient (Wildman–Crippen LogP) is 2.18. The van der Waals surface area contributed by atoms with E-state index in [-0.39, 0.29) is 11.9 Å². The lowest BCUT2D eigenvalue weighted by Gasteiger charge is -2.10. The van der Waals surface area contributed by atoms with Gasteiger partial charge < -0.3 is 5.11 Å². The van der Waals surface area contributed by atoms with Gasteiger partial charge in [0, 0.05) is 21.0 Å². The zero-order valence-electron chi connectivity index (χ0n) is 8.28. The van der Waals surface area contributed by atoms with Gasteiger partial charge in [0.1, 0.15) is 0 Å². The van der Waals surface area contributed by atoms with E-state index in [1.807, 2.05) is 18.2 Å². The molecule has 1 aliphatic carbocycles. The molecule has 0 heterocycles. The predicted molar refractivity (Wildman–Crippen MR) is 65.3 cm³/mol. The van der Waals surface area contributed by atoms with Gasteiger partial charge in [0.15, 0.2) is 0 Å². The summed E-state index contributed by atoms with van der Waals surface area (Å²) in [7, 11) is -0.936. The minimum Gasteiger partial charge on any atom is -0.395 e. The van der Waals surface area contributed by atoms with Crippen LogP contribution in [0.5, 0.6) is 0 Å². The number of halogens is 1. The molecule has 15 heavy (non-hydrogen) atoms. The molecule has 2 rings (SSSR count). The summed E-state index contributed by atoms with van der Waals surface area (Å²) in [4.78, 5) is 0. The van der Waals surface area contributed by atoms with E-state index in [2.05, 4.69) is 15.9 Å². The van der Waals surface area contributed by atoms with Gasteiger partial charge in [-0.2, -0.15) is 0 Å². The van der Waals surface area contributed by atoms with Gasteiger partial charge in [-0.1, -0.05) is 28.1 Å². The van der Waals surface area contributed by atoms with Crippen molar-refractivity contribution in [3.8, 4) is 0 Å². The summed E-state index contributed by atoms with van der Waals surface area (Å²) in [5.41, 5.74) is 2.48. The summed E-state index contributed by atoms with van der Waals surface area (Å²) in [6.45, 7) is 0.00640. The highest BCUT2D eigenvalue weighted by atomic mass is 79.9. The fourth-order valence-corrected chi connectivity index (χ4v) is 4.01. The van der Waals surface area contributed by atoms with Crippen LogP contribution in [0.25, 0.3) is 0 Å². The number of benzene rings is 1. The first-order valence-corrected chi connectivity index (χ1v) is 7.17. The lowest BCUT2D eigenvalue weighted by Crippen LogP contribution is -2.09. The zero-order chi connectivity index (χ0) is 10.8. The van der Waals surface area contributed by atoms with E-state index < -0.39 is 10.8 Å². The molecule has 0 saturated heterocycles. The maximum absolute atomic E-state index is 11.9. The highest BCUT2D eigenvalue weighted by Crippen LogP contribution is 2.38. The van der Waals surface area contributed by atoms with Gasteiger partial charge >= 0.3 is 0 Å². The summed E-state index contributed by atoms with van der Waals surface area (Å²) in [6, 6.07) is 6.06. The van der Waals surface area contributed by atoms with E-state index in [0.29, 0.717) is 5.75 Å².